The van der Waals surface area contributed by atoms with Crippen LogP contribution in [-0.2, 0) is 12.1 Å². The maximum atomic E-state index is 12.8. The fourth-order valence-corrected chi connectivity index (χ4v) is 2.81. The molecule has 7 nitrogen and oxygen atoms in total. The van der Waals surface area contributed by atoms with Gasteiger partial charge in [-0.05, 0) is 39.8 Å². The van der Waals surface area contributed by atoms with Crippen LogP contribution in [0, 0.1) is 6.92 Å². The van der Waals surface area contributed by atoms with Crippen LogP contribution in [0.2, 0.25) is 0 Å². The Balaban J connectivity index is 2.12. The van der Waals surface area contributed by atoms with Gasteiger partial charge in [0, 0.05) is 13.1 Å². The van der Waals surface area contributed by atoms with E-state index in [0.717, 1.165) is 0 Å². The lowest BCUT2D eigenvalue weighted by Gasteiger charge is -2.22. The number of aromatic nitrogens is 3. The summed E-state index contributed by atoms with van der Waals surface area (Å²) in [6.07, 6.45) is -4.50. The second kappa shape index (κ2) is 8.81. The molecule has 29 heavy (non-hydrogen) atoms. The van der Waals surface area contributed by atoms with Crippen LogP contribution in [0.25, 0.3) is 0 Å². The fraction of sp³-hybridized carbons (Fsp3) is 0.526. The van der Waals surface area contributed by atoms with Crippen LogP contribution in [0.15, 0.2) is 24.3 Å². The van der Waals surface area contributed by atoms with E-state index in [9.17, 15) is 23.1 Å². The smallest absolute Gasteiger partial charge is 0.422 e. The minimum absolute atomic E-state index is 0.0559. The first-order valence-corrected chi connectivity index (χ1v) is 9.14. The molecule has 1 amide bonds. The van der Waals surface area contributed by atoms with Gasteiger partial charge in [0.05, 0.1) is 17.8 Å². The monoisotopic (exact) mass is 414 g/mol. The van der Waals surface area contributed by atoms with Crippen molar-refractivity contribution in [3.05, 3.63) is 41.2 Å². The van der Waals surface area contributed by atoms with Crippen molar-refractivity contribution in [3.8, 4) is 5.75 Å². The standard InChI is InChI=1S/C19H25F3N4O3/c1-5-25(10-11-26-23-13(2)16(24-26)18(3,4)28)17(27)14-8-6-7-9-15(14)29-12-19(20,21)22/h6-9,28H,5,10-12H2,1-4H3. The normalized spacial score (nSPS) is 12.1. The lowest BCUT2D eigenvalue weighted by molar-refractivity contribution is -0.153. The number of aryl methyl sites for hydroxylation is 1. The summed E-state index contributed by atoms with van der Waals surface area (Å²) < 4.78 is 42.2. The maximum absolute atomic E-state index is 12.8. The summed E-state index contributed by atoms with van der Waals surface area (Å²) in [5, 5.41) is 18.6. The van der Waals surface area contributed by atoms with Gasteiger partial charge in [-0.1, -0.05) is 12.1 Å². The molecule has 0 radical (unpaired) electrons. The molecule has 160 valence electrons. The number of carbonyl (C=O) groups excluding carboxylic acids is 1. The maximum Gasteiger partial charge on any atom is 0.422 e. The van der Waals surface area contributed by atoms with Crippen LogP contribution in [0.5, 0.6) is 5.75 Å². The zero-order valence-electron chi connectivity index (χ0n) is 16.8. The van der Waals surface area contributed by atoms with Crippen molar-refractivity contribution >= 4 is 5.91 Å². The van der Waals surface area contributed by atoms with Gasteiger partial charge in [-0.15, -0.1) is 0 Å². The Morgan fingerprint density at radius 3 is 2.45 bits per heavy atom. The molecule has 0 unspecified atom stereocenters. The molecule has 1 aromatic carbocycles. The Bertz CT molecular complexity index is 844. The van der Waals surface area contributed by atoms with Gasteiger partial charge >= 0.3 is 6.18 Å². The number of para-hydroxylation sites is 1. The zero-order valence-corrected chi connectivity index (χ0v) is 16.8. The summed E-state index contributed by atoms with van der Waals surface area (Å²) in [6, 6.07) is 5.84. The molecule has 0 fully saturated rings. The van der Waals surface area contributed by atoms with Crippen molar-refractivity contribution in [3.63, 3.8) is 0 Å². The number of rotatable bonds is 8. The second-order valence-electron chi connectivity index (χ2n) is 7.07. The van der Waals surface area contributed by atoms with Gasteiger partial charge in [-0.3, -0.25) is 4.79 Å². The SMILES string of the molecule is CCN(CCn1nc(C)c(C(C)(C)O)n1)C(=O)c1ccccc1OCC(F)(F)F. The number of hydrogen-bond donors (Lipinski definition) is 1. The molecular formula is C19H25F3N4O3. The number of hydrogen-bond acceptors (Lipinski definition) is 5. The van der Waals surface area contributed by atoms with Gasteiger partial charge in [-0.2, -0.15) is 28.2 Å². The lowest BCUT2D eigenvalue weighted by Crippen LogP contribution is -2.34. The molecular weight excluding hydrogens is 389 g/mol. The van der Waals surface area contributed by atoms with Gasteiger partial charge < -0.3 is 14.7 Å². The highest BCUT2D eigenvalue weighted by molar-refractivity contribution is 5.96. The summed E-state index contributed by atoms with van der Waals surface area (Å²) in [5.41, 5.74) is -0.0619. The third kappa shape index (κ3) is 6.18. The van der Waals surface area contributed by atoms with Crippen molar-refractivity contribution in [1.29, 1.82) is 0 Å². The van der Waals surface area contributed by atoms with Gasteiger partial charge in [0.1, 0.15) is 17.0 Å². The van der Waals surface area contributed by atoms with Crippen LogP contribution >= 0.6 is 0 Å². The van der Waals surface area contributed by atoms with Gasteiger partial charge in [0.15, 0.2) is 6.61 Å². The molecule has 0 aliphatic rings. The van der Waals surface area contributed by atoms with Crippen molar-refractivity contribution in [2.75, 3.05) is 19.7 Å². The third-order valence-electron chi connectivity index (χ3n) is 4.15. The van der Waals surface area contributed by atoms with Gasteiger partial charge in [0.2, 0.25) is 0 Å². The number of benzene rings is 1. The van der Waals surface area contributed by atoms with E-state index in [0.29, 0.717) is 17.9 Å². The molecule has 0 aliphatic heterocycles. The molecule has 2 rings (SSSR count). The molecule has 1 aromatic heterocycles. The predicted molar refractivity (Wildman–Crippen MR) is 99.6 cm³/mol. The first-order chi connectivity index (χ1) is 13.4. The largest absolute Gasteiger partial charge is 0.483 e. The van der Waals surface area contributed by atoms with Crippen molar-refractivity contribution in [2.45, 2.75) is 46.0 Å². The van der Waals surface area contributed by atoms with Gasteiger partial charge in [0.25, 0.3) is 5.91 Å². The molecule has 0 bridgehead atoms. The molecule has 10 heteroatoms. The van der Waals surface area contributed by atoms with Crippen LogP contribution in [0.1, 0.15) is 42.5 Å². The quantitative estimate of drug-likeness (QED) is 0.719. The molecule has 0 spiro atoms. The average Bonchev–Trinajstić information content (AvgIpc) is 3.01. The van der Waals surface area contributed by atoms with E-state index >= 15 is 0 Å². The molecule has 1 heterocycles. The fourth-order valence-electron chi connectivity index (χ4n) is 2.81. The van der Waals surface area contributed by atoms with E-state index in [2.05, 4.69) is 10.2 Å². The van der Waals surface area contributed by atoms with E-state index in [4.69, 9.17) is 4.74 Å². The van der Waals surface area contributed by atoms with E-state index in [1.54, 1.807) is 33.8 Å². The molecule has 0 saturated carbocycles. The Morgan fingerprint density at radius 2 is 1.90 bits per heavy atom. The molecule has 0 atom stereocenters. The predicted octanol–water partition coefficient (Wildman–Crippen LogP) is 2.92. The molecule has 1 N–H and O–H groups in total. The number of amides is 1. The first-order valence-electron chi connectivity index (χ1n) is 9.14. The van der Waals surface area contributed by atoms with Crippen LogP contribution in [0.3, 0.4) is 0 Å². The average molecular weight is 414 g/mol. The van der Waals surface area contributed by atoms with Crippen LogP contribution < -0.4 is 4.74 Å². The number of alkyl halides is 3. The Kier molecular flexibility index (Phi) is 6.89. The number of carbonyl (C=O) groups is 1. The summed E-state index contributed by atoms with van der Waals surface area (Å²) in [5.74, 6) is -0.567. The van der Waals surface area contributed by atoms with Crippen molar-refractivity contribution in [2.24, 2.45) is 0 Å². The number of aliphatic hydroxyl groups is 1. The van der Waals surface area contributed by atoms with E-state index in [-0.39, 0.29) is 24.4 Å². The Hall–Kier alpha value is -2.62. The highest BCUT2D eigenvalue weighted by atomic mass is 19.4. The van der Waals surface area contributed by atoms with E-state index in [1.165, 1.54) is 27.9 Å². The molecule has 0 saturated heterocycles. The summed E-state index contributed by atoms with van der Waals surface area (Å²) >= 11 is 0. The number of likely N-dealkylation sites (N-methyl/N-ethyl adjacent to an activating group) is 1. The highest BCUT2D eigenvalue weighted by Crippen LogP contribution is 2.24. The number of ether oxygens (including phenoxy) is 1. The molecule has 2 aromatic rings. The van der Waals surface area contributed by atoms with E-state index in [1.807, 2.05) is 0 Å². The zero-order chi connectivity index (χ0) is 21.8. The van der Waals surface area contributed by atoms with E-state index < -0.39 is 24.3 Å². The summed E-state index contributed by atoms with van der Waals surface area (Å²) in [6.45, 7) is 6.08. The lowest BCUT2D eigenvalue weighted by atomic mass is 10.0. The number of halogens is 3. The minimum atomic E-state index is -4.50. The first kappa shape index (κ1) is 22.7. The van der Waals surface area contributed by atoms with Crippen LogP contribution in [-0.4, -0.2) is 56.8 Å². The Labute approximate surface area is 167 Å². The number of nitrogens with zero attached hydrogens (tertiary/aromatic N) is 4. The molecule has 0 aliphatic carbocycles. The summed E-state index contributed by atoms with van der Waals surface area (Å²) in [7, 11) is 0. The Morgan fingerprint density at radius 1 is 1.24 bits per heavy atom. The summed E-state index contributed by atoms with van der Waals surface area (Å²) in [4.78, 5) is 15.7. The second-order valence-corrected chi connectivity index (χ2v) is 7.07. The minimum Gasteiger partial charge on any atom is -0.483 e. The third-order valence-corrected chi connectivity index (χ3v) is 4.15. The topological polar surface area (TPSA) is 80.5 Å². The van der Waals surface area contributed by atoms with Crippen molar-refractivity contribution < 1.29 is 27.8 Å². The van der Waals surface area contributed by atoms with Crippen molar-refractivity contribution in [1.82, 2.24) is 19.9 Å². The van der Waals surface area contributed by atoms with Gasteiger partial charge in [-0.25, -0.2) is 0 Å². The van der Waals surface area contributed by atoms with Crippen LogP contribution in [0.4, 0.5) is 13.2 Å². The highest BCUT2D eigenvalue weighted by Gasteiger charge is 2.30.